The second kappa shape index (κ2) is 4.49. The molecule has 2 heterocycles. The number of aromatic nitrogens is 1. The fraction of sp³-hybridized carbons (Fsp3) is 0.455. The molecule has 1 atom stereocenters. The van der Waals surface area contributed by atoms with Crippen LogP contribution in [0.5, 0.6) is 0 Å². The zero-order valence-corrected chi connectivity index (χ0v) is 8.98. The lowest BCUT2D eigenvalue weighted by Gasteiger charge is -2.12. The van der Waals surface area contributed by atoms with Gasteiger partial charge in [0.2, 0.25) is 0 Å². The number of hydrogen-bond donors (Lipinski definition) is 2. The molecule has 1 unspecified atom stereocenters. The number of nitrogens with zero attached hydrogens (tertiary/aromatic N) is 1. The summed E-state index contributed by atoms with van der Waals surface area (Å²) in [5.74, 6) is -0.188. The molecule has 0 aromatic carbocycles. The molecule has 1 fully saturated rings. The van der Waals surface area contributed by atoms with Crippen molar-refractivity contribution < 1.29 is 4.74 Å². The minimum absolute atomic E-state index is 0.111. The van der Waals surface area contributed by atoms with E-state index in [0.29, 0.717) is 6.54 Å². The van der Waals surface area contributed by atoms with E-state index in [9.17, 15) is 4.79 Å². The Balaban J connectivity index is 2.24. The van der Waals surface area contributed by atoms with Crippen LogP contribution in [0.4, 0.5) is 0 Å². The van der Waals surface area contributed by atoms with Gasteiger partial charge in [0.05, 0.1) is 18.2 Å². The highest BCUT2D eigenvalue weighted by atomic mass is 16.5. The maximum atomic E-state index is 11.9. The molecule has 0 radical (unpaired) electrons. The molecule has 0 aliphatic carbocycles. The molecule has 1 aliphatic rings. The molecular weight excluding hydrogens is 206 g/mol. The first kappa shape index (κ1) is 10.9. The second-order valence-corrected chi connectivity index (χ2v) is 3.93. The largest absolute Gasteiger partial charge is 0.384 e. The molecule has 1 aliphatic heterocycles. The Morgan fingerprint density at radius 3 is 3.12 bits per heavy atom. The highest BCUT2D eigenvalue weighted by Crippen LogP contribution is 2.13. The van der Waals surface area contributed by atoms with Crippen LogP contribution in [0, 0.1) is 5.41 Å². The van der Waals surface area contributed by atoms with E-state index in [4.69, 9.17) is 15.9 Å². The van der Waals surface area contributed by atoms with E-state index in [2.05, 4.69) is 0 Å². The van der Waals surface area contributed by atoms with Gasteiger partial charge in [-0.15, -0.1) is 0 Å². The Morgan fingerprint density at radius 2 is 2.50 bits per heavy atom. The van der Waals surface area contributed by atoms with Gasteiger partial charge in [-0.05, 0) is 25.0 Å². The van der Waals surface area contributed by atoms with Crippen LogP contribution in [0.1, 0.15) is 18.4 Å². The minimum Gasteiger partial charge on any atom is -0.384 e. The number of pyridine rings is 1. The third-order valence-electron chi connectivity index (χ3n) is 2.73. The van der Waals surface area contributed by atoms with Gasteiger partial charge in [-0.1, -0.05) is 0 Å². The van der Waals surface area contributed by atoms with E-state index < -0.39 is 0 Å². The molecule has 86 valence electrons. The van der Waals surface area contributed by atoms with Crippen molar-refractivity contribution in [2.45, 2.75) is 25.5 Å². The van der Waals surface area contributed by atoms with Crippen molar-refractivity contribution in [1.29, 1.82) is 5.41 Å². The molecule has 1 saturated heterocycles. The molecule has 0 spiro atoms. The summed E-state index contributed by atoms with van der Waals surface area (Å²) in [7, 11) is 0. The number of hydrogen-bond acceptors (Lipinski definition) is 3. The lowest BCUT2D eigenvalue weighted by Crippen LogP contribution is -2.31. The number of ether oxygens (including phenoxy) is 1. The zero-order valence-electron chi connectivity index (χ0n) is 8.98. The molecule has 5 nitrogen and oxygen atoms in total. The van der Waals surface area contributed by atoms with Crippen LogP contribution < -0.4 is 11.3 Å². The predicted molar refractivity (Wildman–Crippen MR) is 60.7 cm³/mol. The minimum atomic E-state index is -0.217. The Hall–Kier alpha value is -1.62. The summed E-state index contributed by atoms with van der Waals surface area (Å²) in [4.78, 5) is 11.9. The number of nitrogens with two attached hydrogens (primary N) is 1. The molecule has 3 N–H and O–H groups in total. The lowest BCUT2D eigenvalue weighted by molar-refractivity contribution is 0.0961. The molecule has 16 heavy (non-hydrogen) atoms. The summed E-state index contributed by atoms with van der Waals surface area (Å²) >= 11 is 0. The van der Waals surface area contributed by atoms with Crippen LogP contribution in [0.2, 0.25) is 0 Å². The summed E-state index contributed by atoms with van der Waals surface area (Å²) < 4.78 is 7.03. The van der Waals surface area contributed by atoms with E-state index >= 15 is 0 Å². The van der Waals surface area contributed by atoms with Crippen molar-refractivity contribution in [3.63, 3.8) is 0 Å². The van der Waals surface area contributed by atoms with E-state index in [1.165, 1.54) is 0 Å². The monoisotopic (exact) mass is 221 g/mol. The van der Waals surface area contributed by atoms with Crippen molar-refractivity contribution in [3.8, 4) is 0 Å². The SMILES string of the molecule is N=C(N)c1cccn(CC2CCCO2)c1=O. The average Bonchev–Trinajstić information content (AvgIpc) is 2.73. The average molecular weight is 221 g/mol. The summed E-state index contributed by atoms with van der Waals surface area (Å²) in [6, 6.07) is 3.30. The summed E-state index contributed by atoms with van der Waals surface area (Å²) in [6.45, 7) is 1.31. The van der Waals surface area contributed by atoms with Gasteiger partial charge in [-0.3, -0.25) is 10.2 Å². The Morgan fingerprint density at radius 1 is 1.69 bits per heavy atom. The normalized spacial score (nSPS) is 19.9. The van der Waals surface area contributed by atoms with Crippen molar-refractivity contribution >= 4 is 5.84 Å². The second-order valence-electron chi connectivity index (χ2n) is 3.93. The number of amidine groups is 1. The first-order chi connectivity index (χ1) is 7.68. The van der Waals surface area contributed by atoms with Crippen LogP contribution in [-0.2, 0) is 11.3 Å². The molecule has 0 saturated carbocycles. The maximum absolute atomic E-state index is 11.9. The summed E-state index contributed by atoms with van der Waals surface area (Å²) in [5.41, 5.74) is 5.36. The Bertz CT molecular complexity index is 447. The predicted octanol–water partition coefficient (Wildman–Crippen LogP) is 0.311. The molecule has 2 rings (SSSR count). The van der Waals surface area contributed by atoms with Gasteiger partial charge in [-0.2, -0.15) is 0 Å². The van der Waals surface area contributed by atoms with Crippen LogP contribution in [0.15, 0.2) is 23.1 Å². The van der Waals surface area contributed by atoms with E-state index in [1.54, 1.807) is 22.9 Å². The highest BCUT2D eigenvalue weighted by molar-refractivity contribution is 5.94. The van der Waals surface area contributed by atoms with Gasteiger partial charge >= 0.3 is 0 Å². The lowest BCUT2D eigenvalue weighted by atomic mass is 10.2. The van der Waals surface area contributed by atoms with Gasteiger partial charge in [0.1, 0.15) is 5.84 Å². The topological polar surface area (TPSA) is 81.1 Å². The summed E-state index contributed by atoms with van der Waals surface area (Å²) in [5, 5.41) is 7.29. The van der Waals surface area contributed by atoms with Crippen LogP contribution in [0.3, 0.4) is 0 Å². The van der Waals surface area contributed by atoms with Crippen molar-refractivity contribution in [2.24, 2.45) is 5.73 Å². The molecule has 1 aromatic rings. The first-order valence-corrected chi connectivity index (χ1v) is 5.34. The van der Waals surface area contributed by atoms with Crippen molar-refractivity contribution in [3.05, 3.63) is 34.2 Å². The summed E-state index contributed by atoms with van der Waals surface area (Å²) in [6.07, 6.45) is 3.85. The number of rotatable bonds is 3. The van der Waals surface area contributed by atoms with Gasteiger partial charge in [0.15, 0.2) is 0 Å². The van der Waals surface area contributed by atoms with E-state index in [0.717, 1.165) is 19.4 Å². The smallest absolute Gasteiger partial charge is 0.261 e. The van der Waals surface area contributed by atoms with Crippen LogP contribution in [0.25, 0.3) is 0 Å². The van der Waals surface area contributed by atoms with Crippen molar-refractivity contribution in [1.82, 2.24) is 4.57 Å². The molecule has 0 bridgehead atoms. The quantitative estimate of drug-likeness (QED) is 0.569. The molecule has 0 amide bonds. The number of nitrogen functional groups attached to an aromatic ring is 1. The van der Waals surface area contributed by atoms with Gasteiger partial charge in [0, 0.05) is 12.8 Å². The fourth-order valence-electron chi connectivity index (χ4n) is 1.89. The standard InChI is InChI=1S/C11H15N3O2/c12-10(13)9-4-1-5-14(11(9)15)7-8-3-2-6-16-8/h1,4-5,8H,2-3,6-7H2,(H3,12,13). The number of nitrogens with one attached hydrogen (secondary N) is 1. The molecular formula is C11H15N3O2. The third kappa shape index (κ3) is 2.14. The highest BCUT2D eigenvalue weighted by Gasteiger charge is 2.17. The fourth-order valence-corrected chi connectivity index (χ4v) is 1.89. The first-order valence-electron chi connectivity index (χ1n) is 5.34. The van der Waals surface area contributed by atoms with Gasteiger partial charge in [0.25, 0.3) is 5.56 Å². The van der Waals surface area contributed by atoms with E-state index in [1.807, 2.05) is 0 Å². The van der Waals surface area contributed by atoms with Crippen molar-refractivity contribution in [2.75, 3.05) is 6.61 Å². The van der Waals surface area contributed by atoms with Gasteiger partial charge in [-0.25, -0.2) is 0 Å². The Kier molecular flexibility index (Phi) is 3.05. The maximum Gasteiger partial charge on any atom is 0.261 e. The van der Waals surface area contributed by atoms with Gasteiger partial charge < -0.3 is 15.0 Å². The Labute approximate surface area is 93.3 Å². The van der Waals surface area contributed by atoms with Crippen LogP contribution in [-0.4, -0.2) is 23.1 Å². The third-order valence-corrected chi connectivity index (χ3v) is 2.73. The molecule has 5 heteroatoms. The van der Waals surface area contributed by atoms with Crippen LogP contribution >= 0.6 is 0 Å². The zero-order chi connectivity index (χ0) is 11.5. The molecule has 1 aromatic heterocycles. The van der Waals surface area contributed by atoms with E-state index in [-0.39, 0.29) is 23.1 Å².